The molecule has 0 spiro atoms. The van der Waals surface area contributed by atoms with Crippen molar-refractivity contribution in [1.82, 2.24) is 0 Å². The van der Waals surface area contributed by atoms with Gasteiger partial charge in [-0.15, -0.1) is 13.2 Å². The van der Waals surface area contributed by atoms with E-state index in [9.17, 15) is 22.4 Å². The number of carbonyl (C=O) groups excluding carboxylic acids is 1. The molecule has 0 aliphatic rings. The number of carbonyl (C=O) groups is 1. The standard InChI is InChI=1S/C18H13ClF4N2O2/c1-2-17(26)25(14-6-12(9-24)5-13(20)8-14)10-11-3-4-16(15(19)7-11)27-18(21,22)23/h3-8H,2,10H2,1H3. The van der Waals surface area contributed by atoms with E-state index in [1.54, 1.807) is 13.0 Å². The van der Waals surface area contributed by atoms with Crippen molar-refractivity contribution in [2.45, 2.75) is 26.3 Å². The van der Waals surface area contributed by atoms with Crippen LogP contribution in [0.25, 0.3) is 0 Å². The van der Waals surface area contributed by atoms with E-state index < -0.39 is 17.9 Å². The Labute approximate surface area is 157 Å². The first-order chi connectivity index (χ1) is 12.6. The van der Waals surface area contributed by atoms with Crippen molar-refractivity contribution >= 4 is 23.2 Å². The number of alkyl halides is 3. The van der Waals surface area contributed by atoms with Gasteiger partial charge < -0.3 is 9.64 Å². The zero-order valence-electron chi connectivity index (χ0n) is 14.0. The summed E-state index contributed by atoms with van der Waals surface area (Å²) < 4.78 is 54.5. The van der Waals surface area contributed by atoms with Gasteiger partial charge in [0.15, 0.2) is 0 Å². The molecular weight excluding hydrogens is 388 g/mol. The van der Waals surface area contributed by atoms with Gasteiger partial charge in [-0.2, -0.15) is 5.26 Å². The van der Waals surface area contributed by atoms with Crippen LogP contribution in [0, 0.1) is 17.1 Å². The Morgan fingerprint density at radius 2 is 1.96 bits per heavy atom. The predicted molar refractivity (Wildman–Crippen MR) is 90.7 cm³/mol. The van der Waals surface area contributed by atoms with Crippen LogP contribution >= 0.6 is 11.6 Å². The molecule has 4 nitrogen and oxygen atoms in total. The first kappa shape index (κ1) is 20.5. The molecule has 2 aromatic carbocycles. The Morgan fingerprint density at radius 3 is 2.52 bits per heavy atom. The summed E-state index contributed by atoms with van der Waals surface area (Å²) in [5.74, 6) is -1.63. The zero-order chi connectivity index (χ0) is 20.2. The molecule has 0 atom stereocenters. The largest absolute Gasteiger partial charge is 0.573 e. The van der Waals surface area contributed by atoms with Crippen LogP contribution in [-0.2, 0) is 11.3 Å². The minimum absolute atomic E-state index is 0.0332. The molecule has 142 valence electrons. The Kier molecular flexibility index (Phi) is 6.28. The van der Waals surface area contributed by atoms with Crippen molar-refractivity contribution < 1.29 is 27.1 Å². The average Bonchev–Trinajstić information content (AvgIpc) is 2.59. The first-order valence-electron chi connectivity index (χ1n) is 7.68. The highest BCUT2D eigenvalue weighted by Gasteiger charge is 2.32. The van der Waals surface area contributed by atoms with Gasteiger partial charge in [0.2, 0.25) is 5.91 Å². The van der Waals surface area contributed by atoms with Gasteiger partial charge in [0, 0.05) is 12.1 Å². The molecule has 0 aliphatic heterocycles. The van der Waals surface area contributed by atoms with Gasteiger partial charge in [-0.1, -0.05) is 24.6 Å². The molecule has 2 rings (SSSR count). The number of anilines is 1. The van der Waals surface area contributed by atoms with E-state index in [0.29, 0.717) is 5.56 Å². The molecule has 0 heterocycles. The maximum Gasteiger partial charge on any atom is 0.573 e. The summed E-state index contributed by atoms with van der Waals surface area (Å²) in [5, 5.41) is 8.68. The fourth-order valence-corrected chi connectivity index (χ4v) is 2.58. The minimum atomic E-state index is -4.88. The lowest BCUT2D eigenvalue weighted by Gasteiger charge is -2.23. The number of nitriles is 1. The van der Waals surface area contributed by atoms with Crippen molar-refractivity contribution in [1.29, 1.82) is 5.26 Å². The predicted octanol–water partition coefficient (Wildman–Crippen LogP) is 5.19. The number of benzene rings is 2. The number of ether oxygens (including phenoxy) is 1. The number of hydrogen-bond donors (Lipinski definition) is 0. The summed E-state index contributed by atoms with van der Waals surface area (Å²) >= 11 is 5.82. The number of halogens is 5. The van der Waals surface area contributed by atoms with Crippen LogP contribution in [0.4, 0.5) is 23.2 Å². The van der Waals surface area contributed by atoms with Crippen molar-refractivity contribution in [2.24, 2.45) is 0 Å². The molecule has 27 heavy (non-hydrogen) atoms. The van der Waals surface area contributed by atoms with Gasteiger partial charge >= 0.3 is 6.36 Å². The molecule has 9 heteroatoms. The number of nitrogens with zero attached hydrogens (tertiary/aromatic N) is 2. The molecule has 0 aromatic heterocycles. The van der Waals surface area contributed by atoms with Gasteiger partial charge in [0.1, 0.15) is 11.6 Å². The molecule has 0 radical (unpaired) electrons. The van der Waals surface area contributed by atoms with E-state index in [-0.39, 0.29) is 35.1 Å². The van der Waals surface area contributed by atoms with Crippen LogP contribution in [0.2, 0.25) is 5.02 Å². The van der Waals surface area contributed by atoms with E-state index >= 15 is 0 Å². The van der Waals surface area contributed by atoms with Gasteiger partial charge in [-0.25, -0.2) is 4.39 Å². The number of amides is 1. The van der Waals surface area contributed by atoms with Crippen molar-refractivity contribution in [2.75, 3.05) is 4.90 Å². The van der Waals surface area contributed by atoms with Crippen molar-refractivity contribution in [3.05, 3.63) is 58.4 Å². The third-order valence-electron chi connectivity index (χ3n) is 3.49. The fourth-order valence-electron chi connectivity index (χ4n) is 2.34. The molecule has 1 amide bonds. The van der Waals surface area contributed by atoms with Crippen LogP contribution in [0.1, 0.15) is 24.5 Å². The maximum atomic E-state index is 13.7. The zero-order valence-corrected chi connectivity index (χ0v) is 14.7. The maximum absolute atomic E-state index is 13.7. The molecule has 0 bridgehead atoms. The Hall–Kier alpha value is -2.79. The van der Waals surface area contributed by atoms with Crippen LogP contribution in [-0.4, -0.2) is 12.3 Å². The van der Waals surface area contributed by atoms with Gasteiger partial charge in [-0.3, -0.25) is 4.79 Å². The quantitative estimate of drug-likeness (QED) is 0.649. The highest BCUT2D eigenvalue weighted by molar-refractivity contribution is 6.32. The van der Waals surface area contributed by atoms with Crippen LogP contribution in [0.5, 0.6) is 5.75 Å². The van der Waals surface area contributed by atoms with Gasteiger partial charge in [-0.05, 0) is 35.9 Å². The van der Waals surface area contributed by atoms with Crippen molar-refractivity contribution in [3.8, 4) is 11.8 Å². The lowest BCUT2D eigenvalue weighted by atomic mass is 10.1. The van der Waals surface area contributed by atoms with E-state index in [1.807, 2.05) is 0 Å². The first-order valence-corrected chi connectivity index (χ1v) is 8.06. The monoisotopic (exact) mass is 400 g/mol. The van der Waals surface area contributed by atoms with Gasteiger partial charge in [0.05, 0.1) is 23.2 Å². The van der Waals surface area contributed by atoms with Crippen LogP contribution in [0.15, 0.2) is 36.4 Å². The highest BCUT2D eigenvalue weighted by atomic mass is 35.5. The Morgan fingerprint density at radius 1 is 1.26 bits per heavy atom. The van der Waals surface area contributed by atoms with Crippen molar-refractivity contribution in [3.63, 3.8) is 0 Å². The van der Waals surface area contributed by atoms with E-state index in [4.69, 9.17) is 16.9 Å². The molecular formula is C18H13ClF4N2O2. The highest BCUT2D eigenvalue weighted by Crippen LogP contribution is 2.31. The summed E-state index contributed by atoms with van der Waals surface area (Å²) in [5.41, 5.74) is 0.593. The number of hydrogen-bond acceptors (Lipinski definition) is 3. The normalized spacial score (nSPS) is 11.0. The lowest BCUT2D eigenvalue weighted by molar-refractivity contribution is -0.274. The Bertz CT molecular complexity index is 894. The van der Waals surface area contributed by atoms with Gasteiger partial charge in [0.25, 0.3) is 0 Å². The third-order valence-corrected chi connectivity index (χ3v) is 3.78. The summed E-state index contributed by atoms with van der Waals surface area (Å²) in [6, 6.07) is 8.84. The second-order valence-electron chi connectivity index (χ2n) is 5.46. The molecule has 0 saturated heterocycles. The van der Waals surface area contributed by atoms with Crippen LogP contribution < -0.4 is 9.64 Å². The van der Waals surface area contributed by atoms with E-state index in [0.717, 1.165) is 18.2 Å². The SMILES string of the molecule is CCC(=O)N(Cc1ccc(OC(F)(F)F)c(Cl)c1)c1cc(F)cc(C#N)c1. The smallest absolute Gasteiger partial charge is 0.404 e. The van der Waals surface area contributed by atoms with Crippen LogP contribution in [0.3, 0.4) is 0 Å². The van der Waals surface area contributed by atoms with E-state index in [2.05, 4.69) is 4.74 Å². The van der Waals surface area contributed by atoms with E-state index in [1.165, 1.54) is 23.1 Å². The second kappa shape index (κ2) is 8.27. The fraction of sp³-hybridized carbons (Fsp3) is 0.222. The summed E-state index contributed by atoms with van der Waals surface area (Å²) in [6.07, 6.45) is -4.79. The molecule has 0 unspecified atom stereocenters. The topological polar surface area (TPSA) is 53.3 Å². The molecule has 2 aromatic rings. The summed E-state index contributed by atoms with van der Waals surface area (Å²) in [6.45, 7) is 1.53. The molecule has 0 saturated carbocycles. The molecule has 0 N–H and O–H groups in total. The molecule has 0 fully saturated rings. The summed E-state index contributed by atoms with van der Waals surface area (Å²) in [7, 11) is 0. The third kappa shape index (κ3) is 5.59. The minimum Gasteiger partial charge on any atom is -0.404 e. The molecule has 0 aliphatic carbocycles. The lowest BCUT2D eigenvalue weighted by Crippen LogP contribution is -2.29. The second-order valence-corrected chi connectivity index (χ2v) is 5.86. The number of rotatable bonds is 5. The summed E-state index contributed by atoms with van der Waals surface area (Å²) in [4.78, 5) is 13.5. The average molecular weight is 401 g/mol. The Balaban J connectivity index is 2.35.